The van der Waals surface area contributed by atoms with Crippen molar-refractivity contribution < 1.29 is 23.2 Å². The van der Waals surface area contributed by atoms with Gasteiger partial charge in [0.25, 0.3) is 5.91 Å². The number of hydrogen-bond donors (Lipinski definition) is 0. The van der Waals surface area contributed by atoms with Crippen LogP contribution in [0.5, 0.6) is 0 Å². The monoisotopic (exact) mass is 516 g/mol. The summed E-state index contributed by atoms with van der Waals surface area (Å²) in [6.07, 6.45) is 2.87. The highest BCUT2D eigenvalue weighted by Crippen LogP contribution is 2.36. The summed E-state index contributed by atoms with van der Waals surface area (Å²) >= 11 is 0. The normalized spacial score (nSPS) is 15.3. The van der Waals surface area contributed by atoms with Gasteiger partial charge in [-0.3, -0.25) is 4.79 Å². The number of piperidine rings is 1. The number of carbonyl (C=O) groups excluding carboxylic acids is 2. The topological polar surface area (TPSA) is 72.2 Å². The van der Waals surface area contributed by atoms with Gasteiger partial charge < -0.3 is 23.4 Å². The number of carbonyl (C=O) groups is 2. The lowest BCUT2D eigenvalue weighted by molar-refractivity contribution is 0.0205. The molecular formula is C28H44N2O5Si. The third kappa shape index (κ3) is 7.35. The van der Waals surface area contributed by atoms with Gasteiger partial charge >= 0.3 is 6.09 Å². The zero-order valence-electron chi connectivity index (χ0n) is 23.4. The summed E-state index contributed by atoms with van der Waals surface area (Å²) in [5, 5.41) is 0.974. The van der Waals surface area contributed by atoms with Crippen molar-refractivity contribution in [3.8, 4) is 0 Å². The van der Waals surface area contributed by atoms with Crippen molar-refractivity contribution in [1.82, 2.24) is 9.80 Å². The Labute approximate surface area is 217 Å². The average Bonchev–Trinajstić information content (AvgIpc) is 3.20. The zero-order valence-corrected chi connectivity index (χ0v) is 24.4. The van der Waals surface area contributed by atoms with Crippen molar-refractivity contribution in [2.45, 2.75) is 91.1 Å². The number of furan rings is 1. The van der Waals surface area contributed by atoms with Crippen molar-refractivity contribution in [3.63, 3.8) is 0 Å². The number of fused-ring (bicyclic) bond motifs is 1. The predicted molar refractivity (Wildman–Crippen MR) is 146 cm³/mol. The first-order valence-corrected chi connectivity index (χ1v) is 16.0. The second-order valence-corrected chi connectivity index (χ2v) is 17.2. The molecule has 1 saturated heterocycles. The van der Waals surface area contributed by atoms with Gasteiger partial charge in [-0.25, -0.2) is 4.79 Å². The summed E-state index contributed by atoms with van der Waals surface area (Å²) in [4.78, 5) is 29.5. The molecule has 2 heterocycles. The summed E-state index contributed by atoms with van der Waals surface area (Å²) in [5.41, 5.74) is 0.964. The highest BCUT2D eigenvalue weighted by molar-refractivity contribution is 6.74. The molecule has 1 aromatic carbocycles. The maximum Gasteiger partial charge on any atom is 0.410 e. The SMILES string of the molecule is CC(C)(C)OC(=O)N(CCO[Si](C)(C)C(C)(C)C)Cc1ccc2cc(C(=O)N3CCCCC3)oc2c1. The number of benzene rings is 1. The summed E-state index contributed by atoms with van der Waals surface area (Å²) < 4.78 is 18.0. The highest BCUT2D eigenvalue weighted by atomic mass is 28.4. The first kappa shape index (κ1) is 28.3. The smallest absolute Gasteiger partial charge is 0.410 e. The molecule has 36 heavy (non-hydrogen) atoms. The Bertz CT molecular complexity index is 1060. The zero-order chi connectivity index (χ0) is 26.7. The molecule has 8 heteroatoms. The first-order valence-electron chi connectivity index (χ1n) is 13.1. The highest BCUT2D eigenvalue weighted by Gasteiger charge is 2.37. The molecule has 3 rings (SSSR count). The van der Waals surface area contributed by atoms with E-state index < -0.39 is 13.9 Å². The van der Waals surface area contributed by atoms with Crippen LogP contribution in [-0.2, 0) is 15.7 Å². The molecule has 0 N–H and O–H groups in total. The fourth-order valence-corrected chi connectivity index (χ4v) is 4.98. The first-order chi connectivity index (χ1) is 16.7. The van der Waals surface area contributed by atoms with Crippen LogP contribution in [0.3, 0.4) is 0 Å². The lowest BCUT2D eigenvalue weighted by atomic mass is 10.1. The molecule has 200 valence electrons. The van der Waals surface area contributed by atoms with Crippen molar-refractivity contribution >= 4 is 31.3 Å². The maximum absolute atomic E-state index is 13.0. The second-order valence-electron chi connectivity index (χ2n) is 12.3. The lowest BCUT2D eigenvalue weighted by Crippen LogP contribution is -2.44. The van der Waals surface area contributed by atoms with E-state index in [1.54, 1.807) is 4.90 Å². The minimum absolute atomic E-state index is 0.0504. The minimum Gasteiger partial charge on any atom is -0.451 e. The molecule has 0 atom stereocenters. The molecule has 0 spiro atoms. The van der Waals surface area contributed by atoms with E-state index in [4.69, 9.17) is 13.6 Å². The van der Waals surface area contributed by atoms with Crippen LogP contribution in [0.2, 0.25) is 18.1 Å². The van der Waals surface area contributed by atoms with Gasteiger partial charge in [-0.15, -0.1) is 0 Å². The fourth-order valence-electron chi connectivity index (χ4n) is 3.94. The van der Waals surface area contributed by atoms with Crippen molar-refractivity contribution in [1.29, 1.82) is 0 Å². The minimum atomic E-state index is -1.93. The number of hydrogen-bond acceptors (Lipinski definition) is 5. The van der Waals surface area contributed by atoms with Crippen LogP contribution in [0.1, 0.15) is 76.9 Å². The largest absolute Gasteiger partial charge is 0.451 e. The number of amides is 2. The molecule has 1 aliphatic heterocycles. The Morgan fingerprint density at radius 3 is 2.31 bits per heavy atom. The van der Waals surface area contributed by atoms with E-state index in [-0.39, 0.29) is 17.0 Å². The van der Waals surface area contributed by atoms with Crippen LogP contribution < -0.4 is 0 Å². The maximum atomic E-state index is 13.0. The number of rotatable bonds is 7. The van der Waals surface area contributed by atoms with E-state index >= 15 is 0 Å². The molecule has 1 aromatic heterocycles. The third-order valence-corrected chi connectivity index (χ3v) is 11.6. The van der Waals surface area contributed by atoms with Gasteiger partial charge in [0.1, 0.15) is 11.2 Å². The molecule has 0 saturated carbocycles. The van der Waals surface area contributed by atoms with E-state index in [0.717, 1.165) is 36.9 Å². The van der Waals surface area contributed by atoms with E-state index in [9.17, 15) is 9.59 Å². The van der Waals surface area contributed by atoms with Crippen LogP contribution in [0.4, 0.5) is 4.79 Å². The van der Waals surface area contributed by atoms with Crippen molar-refractivity contribution in [3.05, 3.63) is 35.6 Å². The van der Waals surface area contributed by atoms with E-state index in [1.165, 1.54) is 6.42 Å². The van der Waals surface area contributed by atoms with E-state index in [0.29, 0.717) is 31.0 Å². The molecule has 0 bridgehead atoms. The van der Waals surface area contributed by atoms with Crippen LogP contribution in [0.15, 0.2) is 28.7 Å². The summed E-state index contributed by atoms with van der Waals surface area (Å²) in [6.45, 7) is 19.4. The predicted octanol–water partition coefficient (Wildman–Crippen LogP) is 6.82. The number of likely N-dealkylation sites (tertiary alicyclic amines) is 1. The van der Waals surface area contributed by atoms with E-state index in [1.807, 2.05) is 49.9 Å². The van der Waals surface area contributed by atoms with Crippen LogP contribution in [0.25, 0.3) is 11.0 Å². The Hall–Kier alpha value is -2.32. The summed E-state index contributed by atoms with van der Waals surface area (Å²) in [7, 11) is -1.93. The molecule has 0 unspecified atom stereocenters. The van der Waals surface area contributed by atoms with Gasteiger partial charge in [0.05, 0.1) is 6.61 Å². The van der Waals surface area contributed by atoms with Gasteiger partial charge in [-0.2, -0.15) is 0 Å². The van der Waals surface area contributed by atoms with E-state index in [2.05, 4.69) is 33.9 Å². The molecule has 7 nitrogen and oxygen atoms in total. The molecule has 2 aromatic rings. The molecule has 1 aliphatic rings. The Balaban J connectivity index is 1.75. The number of ether oxygens (including phenoxy) is 1. The molecule has 0 radical (unpaired) electrons. The molecule has 1 fully saturated rings. The van der Waals surface area contributed by atoms with Gasteiger partial charge in [0.2, 0.25) is 0 Å². The Morgan fingerprint density at radius 1 is 1.03 bits per heavy atom. The van der Waals surface area contributed by atoms with Gasteiger partial charge in [-0.1, -0.05) is 32.9 Å². The second kappa shape index (κ2) is 11.0. The summed E-state index contributed by atoms with van der Waals surface area (Å²) in [5.74, 6) is 0.321. The standard InChI is InChI=1S/C28H44N2O5Si/c1-27(2,3)35-26(32)30(16-17-33-36(7,8)28(4,5)6)20-21-12-13-22-19-24(34-23(22)18-21)25(31)29-14-10-9-11-15-29/h12-13,18-19H,9-11,14-17,20H2,1-8H3. The average molecular weight is 517 g/mol. The van der Waals surface area contributed by atoms with Gasteiger partial charge in [-0.05, 0) is 75.9 Å². The van der Waals surface area contributed by atoms with Crippen molar-refractivity contribution in [2.24, 2.45) is 0 Å². The third-order valence-electron chi connectivity index (χ3n) is 7.09. The van der Waals surface area contributed by atoms with Crippen molar-refractivity contribution in [2.75, 3.05) is 26.2 Å². The Morgan fingerprint density at radius 2 is 1.69 bits per heavy atom. The quantitative estimate of drug-likeness (QED) is 0.378. The lowest BCUT2D eigenvalue weighted by Gasteiger charge is -2.37. The Kier molecular flexibility index (Phi) is 8.61. The fraction of sp³-hybridized carbons (Fsp3) is 0.643. The van der Waals surface area contributed by atoms with Crippen LogP contribution in [0, 0.1) is 0 Å². The van der Waals surface area contributed by atoms with Gasteiger partial charge in [0, 0.05) is 31.6 Å². The number of nitrogens with zero attached hydrogens (tertiary/aromatic N) is 2. The summed E-state index contributed by atoms with van der Waals surface area (Å²) in [6, 6.07) is 7.64. The molecule has 2 amide bonds. The van der Waals surface area contributed by atoms with Crippen LogP contribution in [-0.4, -0.2) is 62.0 Å². The molecule has 0 aliphatic carbocycles. The van der Waals surface area contributed by atoms with Gasteiger partial charge in [0.15, 0.2) is 14.1 Å². The van der Waals surface area contributed by atoms with Crippen LogP contribution >= 0.6 is 0 Å². The molecular weight excluding hydrogens is 472 g/mol.